The summed E-state index contributed by atoms with van der Waals surface area (Å²) in [7, 11) is 0. The molecule has 21 heavy (non-hydrogen) atoms. The van der Waals surface area contributed by atoms with E-state index < -0.39 is 0 Å². The average molecular weight is 276 g/mol. The molecule has 3 heteroatoms. The van der Waals surface area contributed by atoms with Crippen LogP contribution in [0.15, 0.2) is 54.7 Å². The largest absolute Gasteiger partial charge is 0.377 e. The number of hydrogen-bond acceptors (Lipinski definition) is 2. The molecular weight excluding hydrogens is 260 g/mol. The Kier molecular flexibility index (Phi) is 2.61. The van der Waals surface area contributed by atoms with Crippen molar-refractivity contribution in [3.05, 3.63) is 65.9 Å². The first kappa shape index (κ1) is 12.2. The topological polar surface area (TPSA) is 44.9 Å². The van der Waals surface area contributed by atoms with Crippen LogP contribution in [-0.2, 0) is 4.79 Å². The maximum atomic E-state index is 12.2. The Morgan fingerprint density at radius 3 is 2.62 bits per heavy atom. The van der Waals surface area contributed by atoms with E-state index in [1.165, 1.54) is 5.39 Å². The zero-order chi connectivity index (χ0) is 14.4. The van der Waals surface area contributed by atoms with Crippen LogP contribution in [0.1, 0.15) is 30.0 Å². The van der Waals surface area contributed by atoms with E-state index >= 15 is 0 Å². The molecule has 0 fully saturated rings. The van der Waals surface area contributed by atoms with Gasteiger partial charge < -0.3 is 10.3 Å². The number of aromatic amines is 1. The molecule has 0 saturated carbocycles. The van der Waals surface area contributed by atoms with Gasteiger partial charge >= 0.3 is 0 Å². The number of nitrogens with one attached hydrogen (secondary N) is 2. The van der Waals surface area contributed by atoms with Crippen LogP contribution in [0.2, 0.25) is 0 Å². The molecule has 104 valence electrons. The van der Waals surface area contributed by atoms with Gasteiger partial charge in [-0.05, 0) is 24.6 Å². The minimum atomic E-state index is -0.125. The summed E-state index contributed by atoms with van der Waals surface area (Å²) in [4.78, 5) is 15.5. The van der Waals surface area contributed by atoms with E-state index in [0.717, 1.165) is 22.3 Å². The molecule has 2 heterocycles. The molecule has 0 amide bonds. The lowest BCUT2D eigenvalue weighted by Crippen LogP contribution is -2.17. The molecular formula is C18H16N2O. The number of carbonyl (C=O) groups excluding carboxylic acids is 1. The minimum Gasteiger partial charge on any atom is -0.377 e. The van der Waals surface area contributed by atoms with Crippen molar-refractivity contribution in [3.63, 3.8) is 0 Å². The van der Waals surface area contributed by atoms with Gasteiger partial charge in [-0.3, -0.25) is 4.79 Å². The van der Waals surface area contributed by atoms with Crippen LogP contribution >= 0.6 is 0 Å². The van der Waals surface area contributed by atoms with Crippen molar-refractivity contribution in [2.75, 3.05) is 5.32 Å². The summed E-state index contributed by atoms with van der Waals surface area (Å²) in [5.41, 5.74) is 4.42. The van der Waals surface area contributed by atoms with Crippen LogP contribution in [0.25, 0.3) is 10.9 Å². The van der Waals surface area contributed by atoms with E-state index in [2.05, 4.69) is 22.4 Å². The summed E-state index contributed by atoms with van der Waals surface area (Å²) in [6.07, 6.45) is 2.02. The quantitative estimate of drug-likeness (QED) is 0.743. The lowest BCUT2D eigenvalue weighted by molar-refractivity contribution is -0.118. The maximum Gasteiger partial charge on any atom is 0.139 e. The third-order valence-corrected chi connectivity index (χ3v) is 4.33. The van der Waals surface area contributed by atoms with Crippen molar-refractivity contribution in [1.29, 1.82) is 0 Å². The van der Waals surface area contributed by atoms with Gasteiger partial charge in [0.25, 0.3) is 0 Å². The fourth-order valence-corrected chi connectivity index (χ4v) is 3.39. The normalized spacial score (nSPS) is 20.2. The Morgan fingerprint density at radius 1 is 1.00 bits per heavy atom. The van der Waals surface area contributed by atoms with Crippen molar-refractivity contribution in [2.45, 2.75) is 18.9 Å². The molecule has 3 aromatic rings. The van der Waals surface area contributed by atoms with E-state index in [1.807, 2.05) is 42.6 Å². The molecule has 1 aromatic heterocycles. The number of benzene rings is 2. The molecule has 3 nitrogen and oxygen atoms in total. The Labute approximate surface area is 123 Å². The zero-order valence-electron chi connectivity index (χ0n) is 11.8. The molecule has 0 radical (unpaired) electrons. The van der Waals surface area contributed by atoms with Crippen LogP contribution in [0.4, 0.5) is 5.69 Å². The third kappa shape index (κ3) is 1.77. The minimum absolute atomic E-state index is 0.00366. The maximum absolute atomic E-state index is 12.2. The number of para-hydroxylation sites is 2. The summed E-state index contributed by atoms with van der Waals surface area (Å²) in [5, 5.41) is 4.69. The Hall–Kier alpha value is -2.55. The summed E-state index contributed by atoms with van der Waals surface area (Å²) >= 11 is 0. The van der Waals surface area contributed by atoms with E-state index in [4.69, 9.17) is 0 Å². The molecule has 0 spiro atoms. The highest BCUT2D eigenvalue weighted by molar-refractivity contribution is 5.92. The predicted molar refractivity (Wildman–Crippen MR) is 84.5 cm³/mol. The van der Waals surface area contributed by atoms with E-state index in [1.54, 1.807) is 6.92 Å². The van der Waals surface area contributed by atoms with E-state index in [9.17, 15) is 4.79 Å². The number of hydrogen-bond donors (Lipinski definition) is 2. The standard InChI is InChI=1S/C18H16N2O/c1-11(21)17-13-7-3-5-9-16(13)20-18(17)14-10-19-15-8-4-2-6-12(14)15/h2-10,17-20H,1H3/t17-,18+/m0/s1. The Morgan fingerprint density at radius 2 is 1.76 bits per heavy atom. The monoisotopic (exact) mass is 276 g/mol. The van der Waals surface area contributed by atoms with Crippen LogP contribution in [0, 0.1) is 0 Å². The van der Waals surface area contributed by atoms with Gasteiger partial charge in [0, 0.05) is 28.4 Å². The van der Waals surface area contributed by atoms with Crippen molar-refractivity contribution in [2.24, 2.45) is 0 Å². The van der Waals surface area contributed by atoms with Gasteiger partial charge in [-0.2, -0.15) is 0 Å². The number of H-pyrrole nitrogens is 1. The van der Waals surface area contributed by atoms with Crippen LogP contribution in [0.3, 0.4) is 0 Å². The Bertz CT molecular complexity index is 834. The summed E-state index contributed by atoms with van der Waals surface area (Å²) < 4.78 is 0. The fraction of sp³-hybridized carbons (Fsp3) is 0.167. The zero-order valence-corrected chi connectivity index (χ0v) is 11.8. The van der Waals surface area contributed by atoms with Gasteiger partial charge in [-0.15, -0.1) is 0 Å². The molecule has 4 rings (SSSR count). The average Bonchev–Trinajstić information content (AvgIpc) is 3.08. The highest BCUT2D eigenvalue weighted by Gasteiger charge is 2.37. The number of rotatable bonds is 2. The number of ketones is 1. The molecule has 2 N–H and O–H groups in total. The van der Waals surface area contributed by atoms with Gasteiger partial charge in [0.15, 0.2) is 0 Å². The molecule has 0 aliphatic carbocycles. The van der Waals surface area contributed by atoms with Crippen molar-refractivity contribution in [3.8, 4) is 0 Å². The molecule has 0 saturated heterocycles. The second-order valence-corrected chi connectivity index (χ2v) is 5.59. The van der Waals surface area contributed by atoms with Gasteiger partial charge in [-0.25, -0.2) is 0 Å². The van der Waals surface area contributed by atoms with Crippen LogP contribution in [-0.4, -0.2) is 10.8 Å². The molecule has 0 unspecified atom stereocenters. The number of anilines is 1. The van der Waals surface area contributed by atoms with E-state index in [0.29, 0.717) is 0 Å². The van der Waals surface area contributed by atoms with Crippen LogP contribution in [0.5, 0.6) is 0 Å². The van der Waals surface area contributed by atoms with Gasteiger partial charge in [-0.1, -0.05) is 36.4 Å². The Balaban J connectivity index is 1.87. The van der Waals surface area contributed by atoms with Gasteiger partial charge in [0.1, 0.15) is 5.78 Å². The highest BCUT2D eigenvalue weighted by Crippen LogP contribution is 2.45. The molecule has 0 bridgehead atoms. The van der Waals surface area contributed by atoms with Crippen LogP contribution < -0.4 is 5.32 Å². The number of carbonyl (C=O) groups is 1. The second-order valence-electron chi connectivity index (χ2n) is 5.59. The first-order chi connectivity index (χ1) is 10.3. The second kappa shape index (κ2) is 4.48. The molecule has 1 aliphatic rings. The number of fused-ring (bicyclic) bond motifs is 2. The highest BCUT2D eigenvalue weighted by atomic mass is 16.1. The summed E-state index contributed by atoms with van der Waals surface area (Å²) in [6, 6.07) is 16.3. The molecule has 2 aromatic carbocycles. The lowest BCUT2D eigenvalue weighted by Gasteiger charge is -2.17. The molecule has 2 atom stereocenters. The lowest BCUT2D eigenvalue weighted by atomic mass is 9.87. The first-order valence-electron chi connectivity index (χ1n) is 7.17. The van der Waals surface area contributed by atoms with Gasteiger partial charge in [0.2, 0.25) is 0 Å². The van der Waals surface area contributed by atoms with E-state index in [-0.39, 0.29) is 17.7 Å². The first-order valence-corrected chi connectivity index (χ1v) is 7.17. The van der Waals surface area contributed by atoms with Crippen molar-refractivity contribution in [1.82, 2.24) is 4.98 Å². The number of aromatic nitrogens is 1. The van der Waals surface area contributed by atoms with Crippen molar-refractivity contribution < 1.29 is 4.79 Å². The summed E-state index contributed by atoms with van der Waals surface area (Å²) in [6.45, 7) is 1.68. The SMILES string of the molecule is CC(=O)[C@H]1c2ccccc2N[C@@H]1c1c[nH]c2ccccc12. The number of Topliss-reactive ketones (excluding diaryl/α,β-unsaturated/α-hetero) is 1. The molecule has 1 aliphatic heterocycles. The fourth-order valence-electron chi connectivity index (χ4n) is 3.39. The van der Waals surface area contributed by atoms with Crippen molar-refractivity contribution >= 4 is 22.4 Å². The smallest absolute Gasteiger partial charge is 0.139 e. The third-order valence-electron chi connectivity index (χ3n) is 4.33. The predicted octanol–water partition coefficient (Wildman–Crippen LogP) is 4.01. The summed E-state index contributed by atoms with van der Waals surface area (Å²) in [5.74, 6) is 0.0723. The van der Waals surface area contributed by atoms with Gasteiger partial charge in [0.05, 0.1) is 12.0 Å².